The van der Waals surface area contributed by atoms with E-state index >= 15 is 0 Å². The van der Waals surface area contributed by atoms with Crippen LogP contribution in [0.3, 0.4) is 0 Å². The Balaban J connectivity index is 1.32. The molecule has 0 aromatic carbocycles. The van der Waals surface area contributed by atoms with Crippen LogP contribution in [-0.2, 0) is 9.59 Å². The fourth-order valence-corrected chi connectivity index (χ4v) is 6.65. The molecule has 2 saturated heterocycles. The Morgan fingerprint density at radius 1 is 1.04 bits per heavy atom. The minimum atomic E-state index is -0.297. The van der Waals surface area contributed by atoms with Gasteiger partial charge >= 0.3 is 6.03 Å². The van der Waals surface area contributed by atoms with Crippen LogP contribution in [0.1, 0.15) is 44.9 Å². The third-order valence-electron chi connectivity index (χ3n) is 7.19. The summed E-state index contributed by atoms with van der Waals surface area (Å²) >= 11 is 0. The number of hydrogen-bond donors (Lipinski definition) is 1. The van der Waals surface area contributed by atoms with Crippen molar-refractivity contribution in [2.24, 2.45) is 23.2 Å². The zero-order valence-corrected chi connectivity index (χ0v) is 14.0. The lowest BCUT2D eigenvalue weighted by molar-refractivity contribution is -0.156. The largest absolute Gasteiger partial charge is 0.340 e. The first-order valence-electron chi connectivity index (χ1n) is 9.43. The highest BCUT2D eigenvalue weighted by molar-refractivity contribution is 6.02. The highest BCUT2D eigenvalue weighted by Crippen LogP contribution is 2.60. The molecule has 24 heavy (non-hydrogen) atoms. The van der Waals surface area contributed by atoms with Crippen LogP contribution in [0.25, 0.3) is 0 Å². The van der Waals surface area contributed by atoms with Gasteiger partial charge in [0.1, 0.15) is 0 Å². The molecule has 6 fully saturated rings. The first kappa shape index (κ1) is 14.7. The second kappa shape index (κ2) is 4.96. The number of nitrogens with one attached hydrogen (secondary N) is 1. The maximum atomic E-state index is 13.3. The molecule has 6 rings (SSSR count). The molecule has 4 bridgehead atoms. The molecular formula is C18H25N3O3. The van der Waals surface area contributed by atoms with Crippen molar-refractivity contribution in [3.05, 3.63) is 0 Å². The molecule has 2 aliphatic heterocycles. The van der Waals surface area contributed by atoms with E-state index in [-0.39, 0.29) is 29.9 Å². The average molecular weight is 331 g/mol. The van der Waals surface area contributed by atoms with E-state index in [0.717, 1.165) is 43.4 Å². The molecule has 130 valence electrons. The quantitative estimate of drug-likeness (QED) is 0.777. The van der Waals surface area contributed by atoms with Crippen LogP contribution in [0.15, 0.2) is 0 Å². The summed E-state index contributed by atoms with van der Waals surface area (Å²) in [5.41, 5.74) is -0.124. The van der Waals surface area contributed by atoms with Gasteiger partial charge in [0.25, 0.3) is 0 Å². The molecular weight excluding hydrogens is 306 g/mol. The number of rotatable bonds is 2. The highest BCUT2D eigenvalue weighted by atomic mass is 16.2. The van der Waals surface area contributed by atoms with E-state index in [0.29, 0.717) is 19.0 Å². The van der Waals surface area contributed by atoms with E-state index in [1.54, 1.807) is 0 Å². The second-order valence-corrected chi connectivity index (χ2v) is 8.81. The summed E-state index contributed by atoms with van der Waals surface area (Å²) in [5.74, 6) is 2.42. The van der Waals surface area contributed by atoms with Gasteiger partial charge in [0.15, 0.2) is 0 Å². The molecule has 6 aliphatic rings. The van der Waals surface area contributed by atoms with Gasteiger partial charge in [-0.15, -0.1) is 0 Å². The van der Waals surface area contributed by atoms with Crippen LogP contribution >= 0.6 is 0 Å². The Bertz CT molecular complexity index is 565. The second-order valence-electron chi connectivity index (χ2n) is 8.81. The molecule has 6 nitrogen and oxygen atoms in total. The summed E-state index contributed by atoms with van der Waals surface area (Å²) in [6, 6.07) is -0.438. The van der Waals surface area contributed by atoms with Crippen molar-refractivity contribution in [1.82, 2.24) is 15.1 Å². The van der Waals surface area contributed by atoms with Gasteiger partial charge in [0.2, 0.25) is 11.8 Å². The predicted octanol–water partition coefficient (Wildman–Crippen LogP) is 1.36. The fourth-order valence-electron chi connectivity index (χ4n) is 6.65. The van der Waals surface area contributed by atoms with Gasteiger partial charge in [0, 0.05) is 13.1 Å². The van der Waals surface area contributed by atoms with E-state index < -0.39 is 0 Å². The van der Waals surface area contributed by atoms with Crippen molar-refractivity contribution in [3.8, 4) is 0 Å². The summed E-state index contributed by atoms with van der Waals surface area (Å²) in [6.07, 6.45) is 7.93. The van der Waals surface area contributed by atoms with Crippen LogP contribution in [0.4, 0.5) is 4.79 Å². The molecule has 0 spiro atoms. The summed E-state index contributed by atoms with van der Waals surface area (Å²) in [7, 11) is 0. The minimum absolute atomic E-state index is 0.0955. The van der Waals surface area contributed by atoms with Gasteiger partial charge in [-0.2, -0.15) is 0 Å². The number of likely N-dealkylation sites (tertiary alicyclic amines) is 1. The first-order chi connectivity index (χ1) is 11.5. The van der Waals surface area contributed by atoms with Crippen molar-refractivity contribution >= 4 is 17.8 Å². The van der Waals surface area contributed by atoms with Gasteiger partial charge < -0.3 is 10.2 Å². The molecule has 0 aromatic rings. The topological polar surface area (TPSA) is 69.7 Å². The van der Waals surface area contributed by atoms with Crippen molar-refractivity contribution in [1.29, 1.82) is 0 Å². The lowest BCUT2D eigenvalue weighted by Gasteiger charge is -2.56. The maximum absolute atomic E-state index is 13.3. The van der Waals surface area contributed by atoms with E-state index in [1.165, 1.54) is 24.2 Å². The molecule has 4 amide bonds. The lowest BCUT2D eigenvalue weighted by Crippen LogP contribution is -2.54. The van der Waals surface area contributed by atoms with Gasteiger partial charge in [-0.1, -0.05) is 0 Å². The Kier molecular flexibility index (Phi) is 3.04. The Labute approximate surface area is 141 Å². The Morgan fingerprint density at radius 2 is 1.67 bits per heavy atom. The molecule has 0 aromatic heterocycles. The fraction of sp³-hybridized carbons (Fsp3) is 0.833. The van der Waals surface area contributed by atoms with Crippen molar-refractivity contribution in [2.45, 2.75) is 51.0 Å². The minimum Gasteiger partial charge on any atom is -0.340 e. The third-order valence-corrected chi connectivity index (χ3v) is 7.19. The Morgan fingerprint density at radius 3 is 2.21 bits per heavy atom. The molecule has 1 atom stereocenters. The number of carbonyl (C=O) groups excluding carboxylic acids is 3. The van der Waals surface area contributed by atoms with Crippen molar-refractivity contribution in [3.63, 3.8) is 0 Å². The molecule has 2 heterocycles. The van der Waals surface area contributed by atoms with Gasteiger partial charge in [0.05, 0.1) is 18.0 Å². The lowest BCUT2D eigenvalue weighted by atomic mass is 9.49. The van der Waals surface area contributed by atoms with E-state index in [2.05, 4.69) is 5.32 Å². The molecule has 1 N–H and O–H groups in total. The zero-order chi connectivity index (χ0) is 16.5. The van der Waals surface area contributed by atoms with Gasteiger partial charge in [-0.05, 0) is 62.7 Å². The number of nitrogens with zero attached hydrogens (tertiary/aromatic N) is 2. The van der Waals surface area contributed by atoms with E-state index in [1.807, 2.05) is 4.90 Å². The Hall–Kier alpha value is -1.59. The number of urea groups is 1. The van der Waals surface area contributed by atoms with Crippen molar-refractivity contribution in [2.75, 3.05) is 19.6 Å². The van der Waals surface area contributed by atoms with Crippen LogP contribution in [0.5, 0.6) is 0 Å². The average Bonchev–Trinajstić information content (AvgIpc) is 3.12. The van der Waals surface area contributed by atoms with Crippen LogP contribution in [0, 0.1) is 23.2 Å². The number of carbonyl (C=O) groups is 3. The first-order valence-corrected chi connectivity index (χ1v) is 9.43. The van der Waals surface area contributed by atoms with E-state index in [9.17, 15) is 14.4 Å². The van der Waals surface area contributed by atoms with Gasteiger partial charge in [-0.3, -0.25) is 14.5 Å². The van der Waals surface area contributed by atoms with Crippen LogP contribution in [-0.4, -0.2) is 53.3 Å². The number of imide groups is 1. The van der Waals surface area contributed by atoms with Crippen LogP contribution in [0.2, 0.25) is 0 Å². The summed E-state index contributed by atoms with van der Waals surface area (Å²) in [5, 5.41) is 2.58. The summed E-state index contributed by atoms with van der Waals surface area (Å²) < 4.78 is 0. The van der Waals surface area contributed by atoms with E-state index in [4.69, 9.17) is 0 Å². The predicted molar refractivity (Wildman–Crippen MR) is 85.8 cm³/mol. The zero-order valence-electron chi connectivity index (χ0n) is 14.0. The van der Waals surface area contributed by atoms with Crippen molar-refractivity contribution < 1.29 is 14.4 Å². The molecule has 1 unspecified atom stereocenters. The standard InChI is InChI=1S/C18H25N3O3/c22-15-9-19-17(24)21(15)14-1-2-20(10-14)16(23)18-6-11-3-12(7-18)5-13(4-11)8-18/h11-14H,1-10H2,(H,19,24). The normalized spacial score (nSPS) is 43.7. The highest BCUT2D eigenvalue weighted by Gasteiger charge is 2.56. The molecule has 0 radical (unpaired) electrons. The summed E-state index contributed by atoms with van der Waals surface area (Å²) in [6.45, 7) is 1.31. The molecule has 4 aliphatic carbocycles. The monoisotopic (exact) mass is 331 g/mol. The molecule has 6 heteroatoms. The third kappa shape index (κ3) is 2.04. The molecule has 4 saturated carbocycles. The number of hydrogen-bond acceptors (Lipinski definition) is 3. The number of amides is 4. The van der Waals surface area contributed by atoms with Gasteiger partial charge in [-0.25, -0.2) is 4.79 Å². The maximum Gasteiger partial charge on any atom is 0.324 e. The summed E-state index contributed by atoms with van der Waals surface area (Å²) in [4.78, 5) is 40.4. The van der Waals surface area contributed by atoms with Crippen LogP contribution < -0.4 is 5.32 Å². The SMILES string of the molecule is O=C1CNC(=O)N1C1CCN(C(=O)C23CC4CC(CC(C4)C2)C3)C1. The smallest absolute Gasteiger partial charge is 0.324 e.